The molecule has 0 aromatic heterocycles. The van der Waals surface area contributed by atoms with Gasteiger partial charge in [0.25, 0.3) is 0 Å². The van der Waals surface area contributed by atoms with Crippen LogP contribution < -0.4 is 4.90 Å². The topological polar surface area (TPSA) is 29.5 Å². The molecular weight excluding hydrogens is 192 g/mol. The number of carbonyl (C=O) groups excluding carboxylic acids is 1. The van der Waals surface area contributed by atoms with Crippen LogP contribution in [0.25, 0.3) is 0 Å². The fourth-order valence-corrected chi connectivity index (χ4v) is 1.34. The van der Waals surface area contributed by atoms with Crippen LogP contribution in [0.15, 0.2) is 18.2 Å². The lowest BCUT2D eigenvalue weighted by molar-refractivity contribution is 0.181. The van der Waals surface area contributed by atoms with Crippen molar-refractivity contribution < 1.29 is 18.3 Å². The smallest absolute Gasteiger partial charge is 0.414 e. The molecule has 1 heterocycles. The van der Waals surface area contributed by atoms with Gasteiger partial charge in [0.1, 0.15) is 23.9 Å². The molecule has 3 nitrogen and oxygen atoms in total. The standard InChI is InChI=1S/C9H7F2NO2/c10-6-2-1-3-7(11)8(6)12-4-5-14-9(12)13/h1-3H,4-5H2. The van der Waals surface area contributed by atoms with E-state index in [-0.39, 0.29) is 18.8 Å². The van der Waals surface area contributed by atoms with Crippen molar-refractivity contribution in [2.45, 2.75) is 0 Å². The zero-order chi connectivity index (χ0) is 10.1. The Bertz CT molecular complexity index is 361. The van der Waals surface area contributed by atoms with Crippen LogP contribution in [0.3, 0.4) is 0 Å². The van der Waals surface area contributed by atoms with Crippen molar-refractivity contribution in [1.82, 2.24) is 0 Å². The van der Waals surface area contributed by atoms with Crippen molar-refractivity contribution in [2.75, 3.05) is 18.1 Å². The minimum absolute atomic E-state index is 0.159. The Morgan fingerprint density at radius 1 is 1.29 bits per heavy atom. The largest absolute Gasteiger partial charge is 0.447 e. The van der Waals surface area contributed by atoms with Crippen LogP contribution in [0, 0.1) is 11.6 Å². The number of halogens is 2. The first-order valence-electron chi connectivity index (χ1n) is 4.08. The molecule has 0 aliphatic carbocycles. The molecule has 1 amide bonds. The molecule has 5 heteroatoms. The number of rotatable bonds is 1. The predicted octanol–water partition coefficient (Wildman–Crippen LogP) is 1.92. The van der Waals surface area contributed by atoms with Crippen molar-refractivity contribution in [2.24, 2.45) is 0 Å². The summed E-state index contributed by atoms with van der Waals surface area (Å²) in [6, 6.07) is 3.45. The predicted molar refractivity (Wildman–Crippen MR) is 45.1 cm³/mol. The SMILES string of the molecule is O=C1OCCN1c1c(F)cccc1F. The van der Waals surface area contributed by atoms with Crippen LogP contribution in [0.2, 0.25) is 0 Å². The van der Waals surface area contributed by atoms with Crippen LogP contribution in [0.1, 0.15) is 0 Å². The Hall–Kier alpha value is -1.65. The molecule has 0 bridgehead atoms. The van der Waals surface area contributed by atoms with E-state index < -0.39 is 17.7 Å². The highest BCUT2D eigenvalue weighted by Crippen LogP contribution is 2.25. The van der Waals surface area contributed by atoms with E-state index in [4.69, 9.17) is 0 Å². The normalized spacial score (nSPS) is 15.9. The van der Waals surface area contributed by atoms with Crippen molar-refractivity contribution in [3.63, 3.8) is 0 Å². The molecule has 0 radical (unpaired) electrons. The number of hydrogen-bond acceptors (Lipinski definition) is 2. The molecule has 74 valence electrons. The highest BCUT2D eigenvalue weighted by atomic mass is 19.1. The van der Waals surface area contributed by atoms with Gasteiger partial charge < -0.3 is 4.74 Å². The van der Waals surface area contributed by atoms with E-state index >= 15 is 0 Å². The Kier molecular flexibility index (Phi) is 2.07. The summed E-state index contributed by atoms with van der Waals surface area (Å²) in [5.74, 6) is -1.52. The van der Waals surface area contributed by atoms with E-state index in [1.807, 2.05) is 0 Å². The first-order chi connectivity index (χ1) is 6.70. The van der Waals surface area contributed by atoms with Crippen molar-refractivity contribution in [1.29, 1.82) is 0 Å². The van der Waals surface area contributed by atoms with Crippen LogP contribution in [-0.4, -0.2) is 19.2 Å². The molecule has 1 aromatic carbocycles. The van der Waals surface area contributed by atoms with Gasteiger partial charge in [0.05, 0.1) is 6.54 Å². The van der Waals surface area contributed by atoms with Gasteiger partial charge in [0, 0.05) is 0 Å². The Morgan fingerprint density at radius 3 is 2.43 bits per heavy atom. The number of benzene rings is 1. The number of para-hydroxylation sites is 1. The molecule has 1 aliphatic rings. The molecule has 0 N–H and O–H groups in total. The van der Waals surface area contributed by atoms with E-state index in [1.54, 1.807) is 0 Å². The molecule has 0 unspecified atom stereocenters. The van der Waals surface area contributed by atoms with Gasteiger partial charge in [-0.2, -0.15) is 0 Å². The summed E-state index contributed by atoms with van der Waals surface area (Å²) in [5.41, 5.74) is -0.338. The number of nitrogens with zero attached hydrogens (tertiary/aromatic N) is 1. The van der Waals surface area contributed by atoms with Gasteiger partial charge in [-0.15, -0.1) is 0 Å². The first kappa shape index (κ1) is 8.93. The van der Waals surface area contributed by atoms with Gasteiger partial charge in [-0.05, 0) is 12.1 Å². The molecule has 1 aliphatic heterocycles. The average molecular weight is 199 g/mol. The fourth-order valence-electron chi connectivity index (χ4n) is 1.34. The summed E-state index contributed by atoms with van der Waals surface area (Å²) in [6.45, 7) is 0.337. The zero-order valence-electron chi connectivity index (χ0n) is 7.17. The van der Waals surface area contributed by atoms with Gasteiger partial charge in [0.2, 0.25) is 0 Å². The van der Waals surface area contributed by atoms with Crippen LogP contribution in [-0.2, 0) is 4.74 Å². The number of ether oxygens (including phenoxy) is 1. The van der Waals surface area contributed by atoms with Crippen molar-refractivity contribution in [3.05, 3.63) is 29.8 Å². The third-order valence-corrected chi connectivity index (χ3v) is 1.97. The minimum Gasteiger partial charge on any atom is -0.447 e. The quantitative estimate of drug-likeness (QED) is 0.691. The second-order valence-electron chi connectivity index (χ2n) is 2.84. The van der Waals surface area contributed by atoms with E-state index in [2.05, 4.69) is 4.74 Å². The highest BCUT2D eigenvalue weighted by Gasteiger charge is 2.28. The number of amides is 1. The van der Waals surface area contributed by atoms with Crippen LogP contribution >= 0.6 is 0 Å². The van der Waals surface area contributed by atoms with Crippen molar-refractivity contribution in [3.8, 4) is 0 Å². The molecule has 0 atom stereocenters. The average Bonchev–Trinajstić information content (AvgIpc) is 2.52. The number of anilines is 1. The third-order valence-electron chi connectivity index (χ3n) is 1.97. The first-order valence-corrected chi connectivity index (χ1v) is 4.08. The maximum absolute atomic E-state index is 13.2. The van der Waals surface area contributed by atoms with E-state index in [1.165, 1.54) is 6.07 Å². The van der Waals surface area contributed by atoms with Crippen molar-refractivity contribution >= 4 is 11.8 Å². The second-order valence-corrected chi connectivity index (χ2v) is 2.84. The van der Waals surface area contributed by atoms with Gasteiger partial charge in [-0.1, -0.05) is 6.07 Å². The lowest BCUT2D eigenvalue weighted by atomic mass is 10.2. The van der Waals surface area contributed by atoms with Gasteiger partial charge in [-0.3, -0.25) is 4.90 Å². The summed E-state index contributed by atoms with van der Waals surface area (Å²) in [7, 11) is 0. The highest BCUT2D eigenvalue weighted by molar-refractivity contribution is 5.89. The summed E-state index contributed by atoms with van der Waals surface area (Å²) >= 11 is 0. The van der Waals surface area contributed by atoms with E-state index in [9.17, 15) is 13.6 Å². The number of hydrogen-bond donors (Lipinski definition) is 0. The minimum atomic E-state index is -0.760. The Balaban J connectivity index is 2.44. The maximum Gasteiger partial charge on any atom is 0.414 e. The Labute approximate surface area is 78.9 Å². The molecule has 0 spiro atoms. The Morgan fingerprint density at radius 2 is 1.93 bits per heavy atom. The summed E-state index contributed by atoms with van der Waals surface area (Å²) < 4.78 is 31.0. The molecule has 1 saturated heterocycles. The summed E-state index contributed by atoms with van der Waals surface area (Å²) in [4.78, 5) is 12.0. The molecule has 14 heavy (non-hydrogen) atoms. The molecule has 0 saturated carbocycles. The summed E-state index contributed by atoms with van der Waals surface area (Å²) in [5, 5.41) is 0. The van der Waals surface area contributed by atoms with Gasteiger partial charge in [0.15, 0.2) is 0 Å². The number of carbonyl (C=O) groups is 1. The van der Waals surface area contributed by atoms with E-state index in [0.29, 0.717) is 0 Å². The molecule has 1 fully saturated rings. The maximum atomic E-state index is 13.2. The zero-order valence-corrected chi connectivity index (χ0v) is 7.17. The van der Waals surface area contributed by atoms with Gasteiger partial charge >= 0.3 is 6.09 Å². The molecule has 1 aromatic rings. The molecule has 2 rings (SSSR count). The fraction of sp³-hybridized carbons (Fsp3) is 0.222. The third kappa shape index (κ3) is 1.30. The lowest BCUT2D eigenvalue weighted by Crippen LogP contribution is -2.25. The van der Waals surface area contributed by atoms with Gasteiger partial charge in [-0.25, -0.2) is 13.6 Å². The van der Waals surface area contributed by atoms with E-state index in [0.717, 1.165) is 17.0 Å². The number of cyclic esters (lactones) is 1. The van der Waals surface area contributed by atoms with Crippen LogP contribution in [0.5, 0.6) is 0 Å². The second kappa shape index (κ2) is 3.25. The lowest BCUT2D eigenvalue weighted by Gasteiger charge is -2.13. The summed E-state index contributed by atoms with van der Waals surface area (Å²) in [6.07, 6.45) is -0.714. The molecular formula is C9H7F2NO2. The monoisotopic (exact) mass is 199 g/mol. The van der Waals surface area contributed by atoms with Crippen LogP contribution in [0.4, 0.5) is 19.3 Å².